The fourth-order valence-electron chi connectivity index (χ4n) is 3.07. The number of aryl methyl sites for hydroxylation is 2. The van der Waals surface area contributed by atoms with E-state index < -0.39 is 6.10 Å². The van der Waals surface area contributed by atoms with Crippen molar-refractivity contribution in [3.63, 3.8) is 0 Å². The molecule has 18 heavy (non-hydrogen) atoms. The molecule has 2 aromatic rings. The largest absolute Gasteiger partial charge is 0.388 e. The number of hydrogen-bond donors (Lipinski definition) is 2. The van der Waals surface area contributed by atoms with Gasteiger partial charge in [0.05, 0.1) is 11.8 Å². The Labute approximate surface area is 107 Å². The van der Waals surface area contributed by atoms with Gasteiger partial charge in [-0.25, -0.2) is 0 Å². The van der Waals surface area contributed by atoms with Crippen molar-refractivity contribution in [1.82, 2.24) is 10.2 Å². The zero-order valence-corrected chi connectivity index (χ0v) is 10.8. The van der Waals surface area contributed by atoms with Crippen LogP contribution >= 0.6 is 0 Å². The highest BCUT2D eigenvalue weighted by atomic mass is 16.3. The molecule has 3 rings (SSSR count). The number of aromatic nitrogens is 2. The topological polar surface area (TPSA) is 48.9 Å². The fourth-order valence-corrected chi connectivity index (χ4v) is 3.07. The highest BCUT2D eigenvalue weighted by molar-refractivity contribution is 5.36. The maximum atomic E-state index is 10.3. The number of aromatic amines is 1. The van der Waals surface area contributed by atoms with Crippen LogP contribution in [0.1, 0.15) is 46.5 Å². The molecule has 2 unspecified atom stereocenters. The molecule has 0 fully saturated rings. The third-order valence-corrected chi connectivity index (χ3v) is 3.98. The van der Waals surface area contributed by atoms with Gasteiger partial charge in [0.1, 0.15) is 0 Å². The molecule has 1 aromatic heterocycles. The summed E-state index contributed by atoms with van der Waals surface area (Å²) < 4.78 is 0. The van der Waals surface area contributed by atoms with E-state index in [1.54, 1.807) is 0 Å². The van der Waals surface area contributed by atoms with E-state index in [0.29, 0.717) is 5.92 Å². The predicted octanol–water partition coefficient (Wildman–Crippen LogP) is 2.79. The van der Waals surface area contributed by atoms with Gasteiger partial charge in [-0.2, -0.15) is 5.10 Å². The highest BCUT2D eigenvalue weighted by Gasteiger charge is 2.30. The molecular formula is C15H18N2O. The van der Waals surface area contributed by atoms with Gasteiger partial charge in [-0.05, 0) is 43.7 Å². The average molecular weight is 242 g/mol. The minimum Gasteiger partial charge on any atom is -0.388 e. The van der Waals surface area contributed by atoms with Crippen molar-refractivity contribution < 1.29 is 5.11 Å². The van der Waals surface area contributed by atoms with Gasteiger partial charge in [0.25, 0.3) is 0 Å². The Morgan fingerprint density at radius 3 is 2.83 bits per heavy atom. The van der Waals surface area contributed by atoms with Crippen LogP contribution in [0.25, 0.3) is 0 Å². The highest BCUT2D eigenvalue weighted by Crippen LogP contribution is 2.39. The van der Waals surface area contributed by atoms with Crippen LogP contribution in [0.4, 0.5) is 0 Å². The zero-order valence-electron chi connectivity index (χ0n) is 10.8. The quantitative estimate of drug-likeness (QED) is 0.807. The SMILES string of the molecule is Cc1ccccc1C1Cc2n[nH]c(C)c2C(O)C1. The zero-order chi connectivity index (χ0) is 12.7. The molecule has 1 heterocycles. The Bertz CT molecular complexity index is 574. The van der Waals surface area contributed by atoms with E-state index in [-0.39, 0.29) is 0 Å². The molecule has 0 aliphatic heterocycles. The maximum Gasteiger partial charge on any atom is 0.0831 e. The molecule has 3 heteroatoms. The number of aliphatic hydroxyl groups is 1. The summed E-state index contributed by atoms with van der Waals surface area (Å²) in [5.41, 5.74) is 5.67. The predicted molar refractivity (Wildman–Crippen MR) is 70.5 cm³/mol. The van der Waals surface area contributed by atoms with Crippen LogP contribution in [0.2, 0.25) is 0 Å². The summed E-state index contributed by atoms with van der Waals surface area (Å²) in [5, 5.41) is 17.6. The first kappa shape index (κ1) is 11.5. The lowest BCUT2D eigenvalue weighted by molar-refractivity contribution is 0.146. The molecule has 0 bridgehead atoms. The molecule has 1 aliphatic carbocycles. The van der Waals surface area contributed by atoms with E-state index in [0.717, 1.165) is 29.8 Å². The van der Waals surface area contributed by atoms with Gasteiger partial charge in [0, 0.05) is 11.3 Å². The maximum absolute atomic E-state index is 10.3. The third kappa shape index (κ3) is 1.75. The first-order chi connectivity index (χ1) is 8.66. The second-order valence-corrected chi connectivity index (χ2v) is 5.22. The van der Waals surface area contributed by atoms with Gasteiger partial charge in [0.15, 0.2) is 0 Å². The van der Waals surface area contributed by atoms with Crippen molar-refractivity contribution in [3.8, 4) is 0 Å². The van der Waals surface area contributed by atoms with Crippen molar-refractivity contribution >= 4 is 0 Å². The second kappa shape index (κ2) is 4.25. The molecule has 3 nitrogen and oxygen atoms in total. The van der Waals surface area contributed by atoms with Gasteiger partial charge in [-0.1, -0.05) is 24.3 Å². The molecule has 0 saturated heterocycles. The van der Waals surface area contributed by atoms with E-state index in [1.807, 2.05) is 6.92 Å². The number of aliphatic hydroxyl groups excluding tert-OH is 1. The van der Waals surface area contributed by atoms with Gasteiger partial charge in [-0.3, -0.25) is 5.10 Å². The summed E-state index contributed by atoms with van der Waals surface area (Å²) in [4.78, 5) is 0. The molecule has 0 saturated carbocycles. The molecular weight excluding hydrogens is 224 g/mol. The van der Waals surface area contributed by atoms with Crippen molar-refractivity contribution in [1.29, 1.82) is 0 Å². The minimum atomic E-state index is -0.392. The van der Waals surface area contributed by atoms with E-state index >= 15 is 0 Å². The molecule has 94 valence electrons. The summed E-state index contributed by atoms with van der Waals surface area (Å²) in [6.07, 6.45) is 1.32. The smallest absolute Gasteiger partial charge is 0.0831 e. The summed E-state index contributed by atoms with van der Waals surface area (Å²) in [5.74, 6) is 0.372. The number of nitrogens with one attached hydrogen (secondary N) is 1. The Hall–Kier alpha value is -1.61. The van der Waals surface area contributed by atoms with Gasteiger partial charge in [0.2, 0.25) is 0 Å². The summed E-state index contributed by atoms with van der Waals surface area (Å²) in [6, 6.07) is 8.42. The normalized spacial score (nSPS) is 22.8. The van der Waals surface area contributed by atoms with Crippen molar-refractivity contribution in [3.05, 3.63) is 52.3 Å². The fraction of sp³-hybridized carbons (Fsp3) is 0.400. The molecule has 1 aliphatic rings. The van der Waals surface area contributed by atoms with Gasteiger partial charge in [-0.15, -0.1) is 0 Å². The molecule has 2 N–H and O–H groups in total. The second-order valence-electron chi connectivity index (χ2n) is 5.22. The Morgan fingerprint density at radius 1 is 1.28 bits per heavy atom. The third-order valence-electron chi connectivity index (χ3n) is 3.98. The Kier molecular flexibility index (Phi) is 2.71. The standard InChI is InChI=1S/C15H18N2O/c1-9-5-3-4-6-12(9)11-7-13-15(14(18)8-11)10(2)16-17-13/h3-6,11,14,18H,7-8H2,1-2H3,(H,16,17). The Morgan fingerprint density at radius 2 is 2.06 bits per heavy atom. The van der Waals surface area contributed by atoms with Crippen LogP contribution in [-0.4, -0.2) is 15.3 Å². The van der Waals surface area contributed by atoms with Crippen molar-refractivity contribution in [2.75, 3.05) is 0 Å². The number of benzene rings is 1. The monoisotopic (exact) mass is 242 g/mol. The van der Waals surface area contributed by atoms with Crippen molar-refractivity contribution in [2.24, 2.45) is 0 Å². The number of nitrogens with zero attached hydrogens (tertiary/aromatic N) is 1. The van der Waals surface area contributed by atoms with Gasteiger partial charge < -0.3 is 5.11 Å². The van der Waals surface area contributed by atoms with Crippen LogP contribution in [0.5, 0.6) is 0 Å². The van der Waals surface area contributed by atoms with E-state index in [2.05, 4.69) is 41.4 Å². The van der Waals surface area contributed by atoms with Crippen LogP contribution in [-0.2, 0) is 6.42 Å². The molecule has 0 radical (unpaired) electrons. The molecule has 1 aromatic carbocycles. The van der Waals surface area contributed by atoms with E-state index in [9.17, 15) is 5.11 Å². The first-order valence-electron chi connectivity index (χ1n) is 6.44. The molecule has 2 atom stereocenters. The number of rotatable bonds is 1. The molecule has 0 spiro atoms. The van der Waals surface area contributed by atoms with Crippen LogP contribution in [0.15, 0.2) is 24.3 Å². The number of fused-ring (bicyclic) bond motifs is 1. The van der Waals surface area contributed by atoms with E-state index in [4.69, 9.17) is 0 Å². The molecule has 0 amide bonds. The average Bonchev–Trinajstić information content (AvgIpc) is 2.72. The van der Waals surface area contributed by atoms with Crippen LogP contribution < -0.4 is 0 Å². The lowest BCUT2D eigenvalue weighted by atomic mass is 9.79. The van der Waals surface area contributed by atoms with Crippen LogP contribution in [0, 0.1) is 13.8 Å². The van der Waals surface area contributed by atoms with Crippen molar-refractivity contribution in [2.45, 2.75) is 38.7 Å². The number of hydrogen-bond acceptors (Lipinski definition) is 2. The lowest BCUT2D eigenvalue weighted by Crippen LogP contribution is -2.17. The summed E-state index contributed by atoms with van der Waals surface area (Å²) in [7, 11) is 0. The summed E-state index contributed by atoms with van der Waals surface area (Å²) in [6.45, 7) is 4.11. The minimum absolute atomic E-state index is 0.372. The lowest BCUT2D eigenvalue weighted by Gasteiger charge is -2.27. The van der Waals surface area contributed by atoms with Gasteiger partial charge >= 0.3 is 0 Å². The van der Waals surface area contributed by atoms with Crippen LogP contribution in [0.3, 0.4) is 0 Å². The summed E-state index contributed by atoms with van der Waals surface area (Å²) >= 11 is 0. The first-order valence-corrected chi connectivity index (χ1v) is 6.44. The van der Waals surface area contributed by atoms with E-state index in [1.165, 1.54) is 11.1 Å². The Balaban J connectivity index is 1.97. The number of H-pyrrole nitrogens is 1.